The van der Waals surface area contributed by atoms with Gasteiger partial charge in [0.25, 0.3) is 0 Å². The molecule has 0 radical (unpaired) electrons. The summed E-state index contributed by atoms with van der Waals surface area (Å²) in [4.78, 5) is 0. The van der Waals surface area contributed by atoms with E-state index in [2.05, 4.69) is 60.8 Å². The SMILES string of the molecule is CCCCCOc1ccc(CNc2ccc(OCCc3ccccc3)cc2)cc1. The second kappa shape index (κ2) is 11.8. The van der Waals surface area contributed by atoms with Crippen molar-refractivity contribution in [1.82, 2.24) is 0 Å². The third-order valence-electron chi connectivity index (χ3n) is 4.79. The monoisotopic (exact) mass is 389 g/mol. The van der Waals surface area contributed by atoms with Crippen molar-refractivity contribution in [2.75, 3.05) is 18.5 Å². The molecular weight excluding hydrogens is 358 g/mol. The Morgan fingerprint density at radius 3 is 2.00 bits per heavy atom. The second-order valence-corrected chi connectivity index (χ2v) is 7.16. The molecule has 0 aromatic heterocycles. The molecule has 0 spiro atoms. The normalized spacial score (nSPS) is 10.5. The number of anilines is 1. The van der Waals surface area contributed by atoms with Gasteiger partial charge in [0.2, 0.25) is 0 Å². The largest absolute Gasteiger partial charge is 0.494 e. The first kappa shape index (κ1) is 20.8. The Hall–Kier alpha value is -2.94. The predicted molar refractivity (Wildman–Crippen MR) is 121 cm³/mol. The van der Waals surface area contributed by atoms with E-state index >= 15 is 0 Å². The van der Waals surface area contributed by atoms with Crippen LogP contribution in [0, 0.1) is 0 Å². The lowest BCUT2D eigenvalue weighted by Gasteiger charge is -2.10. The minimum absolute atomic E-state index is 0.684. The first-order valence-electron chi connectivity index (χ1n) is 10.6. The third-order valence-corrected chi connectivity index (χ3v) is 4.79. The maximum Gasteiger partial charge on any atom is 0.119 e. The van der Waals surface area contributed by atoms with E-state index in [1.54, 1.807) is 0 Å². The van der Waals surface area contributed by atoms with Gasteiger partial charge in [-0.3, -0.25) is 0 Å². The highest BCUT2D eigenvalue weighted by Crippen LogP contribution is 2.18. The molecule has 0 aliphatic heterocycles. The van der Waals surface area contributed by atoms with Gasteiger partial charge in [-0.15, -0.1) is 0 Å². The maximum atomic E-state index is 5.85. The second-order valence-electron chi connectivity index (χ2n) is 7.16. The van der Waals surface area contributed by atoms with Crippen LogP contribution in [0.15, 0.2) is 78.9 Å². The lowest BCUT2D eigenvalue weighted by Crippen LogP contribution is -2.02. The smallest absolute Gasteiger partial charge is 0.119 e. The Bertz CT molecular complexity index is 814. The Labute approximate surface area is 174 Å². The summed E-state index contributed by atoms with van der Waals surface area (Å²) < 4.78 is 11.6. The van der Waals surface area contributed by atoms with Crippen LogP contribution in [0.25, 0.3) is 0 Å². The van der Waals surface area contributed by atoms with Crippen molar-refractivity contribution in [3.63, 3.8) is 0 Å². The van der Waals surface area contributed by atoms with Crippen molar-refractivity contribution in [2.45, 2.75) is 39.2 Å². The summed E-state index contributed by atoms with van der Waals surface area (Å²) in [6, 6.07) is 26.9. The van der Waals surface area contributed by atoms with Gasteiger partial charge >= 0.3 is 0 Å². The van der Waals surface area contributed by atoms with Gasteiger partial charge in [-0.25, -0.2) is 0 Å². The summed E-state index contributed by atoms with van der Waals surface area (Å²) in [5.41, 5.74) is 3.61. The van der Waals surface area contributed by atoms with E-state index in [1.807, 2.05) is 30.3 Å². The Kier molecular flexibility index (Phi) is 8.46. The number of hydrogen-bond acceptors (Lipinski definition) is 3. The van der Waals surface area contributed by atoms with Gasteiger partial charge in [0.05, 0.1) is 13.2 Å². The fourth-order valence-corrected chi connectivity index (χ4v) is 3.05. The van der Waals surface area contributed by atoms with Crippen LogP contribution in [0.4, 0.5) is 5.69 Å². The Morgan fingerprint density at radius 1 is 0.655 bits per heavy atom. The molecule has 1 N–H and O–H groups in total. The van der Waals surface area contributed by atoms with E-state index in [0.717, 1.165) is 43.2 Å². The van der Waals surface area contributed by atoms with Crippen LogP contribution < -0.4 is 14.8 Å². The molecule has 3 rings (SSSR count). The molecule has 0 atom stereocenters. The number of ether oxygens (including phenoxy) is 2. The van der Waals surface area contributed by atoms with Crippen LogP contribution >= 0.6 is 0 Å². The lowest BCUT2D eigenvalue weighted by atomic mass is 10.2. The van der Waals surface area contributed by atoms with E-state index in [-0.39, 0.29) is 0 Å². The quantitative estimate of drug-likeness (QED) is 0.359. The molecule has 0 unspecified atom stereocenters. The van der Waals surface area contributed by atoms with Crippen molar-refractivity contribution in [3.05, 3.63) is 90.0 Å². The van der Waals surface area contributed by atoms with E-state index in [9.17, 15) is 0 Å². The fourth-order valence-electron chi connectivity index (χ4n) is 3.05. The molecule has 0 amide bonds. The van der Waals surface area contributed by atoms with Crippen molar-refractivity contribution in [1.29, 1.82) is 0 Å². The average Bonchev–Trinajstić information content (AvgIpc) is 2.78. The molecule has 152 valence electrons. The van der Waals surface area contributed by atoms with E-state index in [4.69, 9.17) is 9.47 Å². The number of rotatable bonds is 12. The minimum atomic E-state index is 0.684. The highest BCUT2D eigenvalue weighted by molar-refractivity contribution is 5.47. The van der Waals surface area contributed by atoms with Crippen molar-refractivity contribution in [3.8, 4) is 11.5 Å². The molecular formula is C26H31NO2. The van der Waals surface area contributed by atoms with Gasteiger partial charge in [0.1, 0.15) is 11.5 Å². The lowest BCUT2D eigenvalue weighted by molar-refractivity contribution is 0.306. The summed E-state index contributed by atoms with van der Waals surface area (Å²) in [5.74, 6) is 1.85. The zero-order valence-corrected chi connectivity index (χ0v) is 17.3. The van der Waals surface area contributed by atoms with Crippen molar-refractivity contribution < 1.29 is 9.47 Å². The predicted octanol–water partition coefficient (Wildman–Crippen LogP) is 6.49. The highest BCUT2D eigenvalue weighted by Gasteiger charge is 1.99. The van der Waals surface area contributed by atoms with Gasteiger partial charge < -0.3 is 14.8 Å². The zero-order chi connectivity index (χ0) is 20.2. The summed E-state index contributed by atoms with van der Waals surface area (Å²) >= 11 is 0. The third kappa shape index (κ3) is 7.53. The molecule has 3 aromatic carbocycles. The topological polar surface area (TPSA) is 30.5 Å². The number of unbranched alkanes of at least 4 members (excludes halogenated alkanes) is 2. The Morgan fingerprint density at radius 2 is 1.31 bits per heavy atom. The van der Waals surface area contributed by atoms with Crippen LogP contribution in [-0.2, 0) is 13.0 Å². The van der Waals surface area contributed by atoms with Crippen LogP contribution in [0.3, 0.4) is 0 Å². The van der Waals surface area contributed by atoms with E-state index in [0.29, 0.717) is 6.61 Å². The first-order chi connectivity index (χ1) is 14.3. The van der Waals surface area contributed by atoms with Gasteiger partial charge in [0, 0.05) is 18.7 Å². The van der Waals surface area contributed by atoms with Crippen LogP contribution in [0.1, 0.15) is 37.3 Å². The summed E-state index contributed by atoms with van der Waals surface area (Å²) in [6.07, 6.45) is 4.47. The van der Waals surface area contributed by atoms with Gasteiger partial charge in [-0.05, 0) is 53.9 Å². The molecule has 3 heteroatoms. The van der Waals surface area contributed by atoms with Gasteiger partial charge in [-0.2, -0.15) is 0 Å². The van der Waals surface area contributed by atoms with E-state index in [1.165, 1.54) is 24.0 Å². The molecule has 3 nitrogen and oxygen atoms in total. The van der Waals surface area contributed by atoms with Crippen LogP contribution in [-0.4, -0.2) is 13.2 Å². The Balaban J connectivity index is 1.38. The summed E-state index contributed by atoms with van der Waals surface area (Å²) in [7, 11) is 0. The molecule has 0 bridgehead atoms. The number of benzene rings is 3. The average molecular weight is 390 g/mol. The van der Waals surface area contributed by atoms with Crippen LogP contribution in [0.2, 0.25) is 0 Å². The van der Waals surface area contributed by atoms with E-state index < -0.39 is 0 Å². The molecule has 0 aliphatic rings. The fraction of sp³-hybridized carbons (Fsp3) is 0.308. The van der Waals surface area contributed by atoms with Crippen molar-refractivity contribution in [2.24, 2.45) is 0 Å². The number of hydrogen-bond donors (Lipinski definition) is 1. The zero-order valence-electron chi connectivity index (χ0n) is 17.3. The maximum absolute atomic E-state index is 5.85. The van der Waals surface area contributed by atoms with Gasteiger partial charge in [0.15, 0.2) is 0 Å². The molecule has 0 saturated heterocycles. The minimum Gasteiger partial charge on any atom is -0.494 e. The molecule has 0 heterocycles. The van der Waals surface area contributed by atoms with Crippen molar-refractivity contribution >= 4 is 5.69 Å². The molecule has 0 saturated carbocycles. The highest BCUT2D eigenvalue weighted by atomic mass is 16.5. The number of nitrogens with one attached hydrogen (secondary N) is 1. The van der Waals surface area contributed by atoms with Crippen LogP contribution in [0.5, 0.6) is 11.5 Å². The molecule has 0 fully saturated rings. The summed E-state index contributed by atoms with van der Waals surface area (Å²) in [5, 5.41) is 3.45. The summed E-state index contributed by atoms with van der Waals surface area (Å²) in [6.45, 7) is 4.47. The molecule has 0 aliphatic carbocycles. The van der Waals surface area contributed by atoms with Gasteiger partial charge in [-0.1, -0.05) is 62.2 Å². The first-order valence-corrected chi connectivity index (χ1v) is 10.6. The molecule has 29 heavy (non-hydrogen) atoms. The molecule has 3 aromatic rings. The standard InChI is InChI=1S/C26H31NO2/c1-2-3-7-19-28-25-14-10-23(11-15-25)21-27-24-12-16-26(17-13-24)29-20-18-22-8-5-4-6-9-22/h4-6,8-17,27H,2-3,7,18-21H2,1H3.